The Hall–Kier alpha value is -1.92. The van der Waals surface area contributed by atoms with Gasteiger partial charge in [0.1, 0.15) is 0 Å². The molecule has 0 radical (unpaired) electrons. The molecule has 1 aromatic rings. The molecule has 1 spiro atoms. The van der Waals surface area contributed by atoms with Crippen molar-refractivity contribution in [2.24, 2.45) is 11.3 Å². The molecule has 3 aliphatic rings. The number of aliphatic hydroxyl groups is 1. The molecule has 0 unspecified atom stereocenters. The van der Waals surface area contributed by atoms with Gasteiger partial charge >= 0.3 is 0 Å². The van der Waals surface area contributed by atoms with Crippen molar-refractivity contribution in [1.29, 1.82) is 0 Å². The number of rotatable bonds is 2. The van der Waals surface area contributed by atoms with Crippen molar-refractivity contribution in [2.75, 3.05) is 33.4 Å². The van der Waals surface area contributed by atoms with Gasteiger partial charge in [0.2, 0.25) is 11.8 Å². The Bertz CT molecular complexity index is 709. The van der Waals surface area contributed by atoms with Crippen molar-refractivity contribution in [3.63, 3.8) is 0 Å². The number of hydrogen-bond donors (Lipinski definition) is 1. The summed E-state index contributed by atoms with van der Waals surface area (Å²) < 4.78 is 5.36. The Labute approximate surface area is 166 Å². The highest BCUT2D eigenvalue weighted by atomic mass is 16.5. The van der Waals surface area contributed by atoms with Crippen LogP contribution in [-0.2, 0) is 14.3 Å². The zero-order chi connectivity index (χ0) is 19.7. The molecule has 3 aliphatic heterocycles. The number of piperidine rings is 2. The zero-order valence-electron chi connectivity index (χ0n) is 16.5. The van der Waals surface area contributed by atoms with Gasteiger partial charge in [-0.1, -0.05) is 30.3 Å². The Morgan fingerprint density at radius 2 is 1.79 bits per heavy atom. The van der Waals surface area contributed by atoms with Gasteiger partial charge in [0, 0.05) is 39.3 Å². The summed E-state index contributed by atoms with van der Waals surface area (Å²) in [6.45, 7) is 2.51. The van der Waals surface area contributed by atoms with Gasteiger partial charge in [-0.3, -0.25) is 9.59 Å². The van der Waals surface area contributed by atoms with Gasteiger partial charge < -0.3 is 19.6 Å². The predicted octanol–water partition coefficient (Wildman–Crippen LogP) is 1.99. The van der Waals surface area contributed by atoms with Crippen LogP contribution in [0.2, 0.25) is 0 Å². The number of hydrogen-bond acceptors (Lipinski definition) is 4. The van der Waals surface area contributed by atoms with E-state index in [9.17, 15) is 14.7 Å². The molecule has 2 amide bonds. The van der Waals surface area contributed by atoms with E-state index in [1.165, 1.54) is 0 Å². The highest BCUT2D eigenvalue weighted by Gasteiger charge is 2.51. The summed E-state index contributed by atoms with van der Waals surface area (Å²) in [5.41, 5.74) is 0.416. The first-order valence-corrected chi connectivity index (χ1v) is 10.4. The summed E-state index contributed by atoms with van der Waals surface area (Å²) in [4.78, 5) is 29.7. The second-order valence-electron chi connectivity index (χ2n) is 8.54. The molecule has 0 aliphatic carbocycles. The summed E-state index contributed by atoms with van der Waals surface area (Å²) in [6.07, 6.45) is 2.71. The molecule has 0 aromatic heterocycles. The molecule has 1 aromatic carbocycles. The van der Waals surface area contributed by atoms with Crippen LogP contribution < -0.4 is 0 Å². The van der Waals surface area contributed by atoms with Crippen LogP contribution in [-0.4, -0.2) is 66.2 Å². The van der Waals surface area contributed by atoms with Crippen LogP contribution in [0.3, 0.4) is 0 Å². The average Bonchev–Trinajstić information content (AvgIpc) is 2.74. The van der Waals surface area contributed by atoms with Crippen LogP contribution in [0.1, 0.15) is 43.7 Å². The maximum Gasteiger partial charge on any atom is 0.229 e. The normalized spacial score (nSPS) is 28.6. The third kappa shape index (κ3) is 3.44. The van der Waals surface area contributed by atoms with Gasteiger partial charge in [-0.25, -0.2) is 0 Å². The number of carbonyl (C=O) groups is 2. The number of nitrogens with zero attached hydrogens (tertiary/aromatic N) is 2. The number of carbonyl (C=O) groups excluding carboxylic acids is 2. The molecule has 152 valence electrons. The minimum Gasteiger partial charge on any atom is -0.391 e. The zero-order valence-corrected chi connectivity index (χ0v) is 16.5. The number of aliphatic hydroxyl groups excluding tert-OH is 1. The fourth-order valence-corrected chi connectivity index (χ4v) is 5.23. The molecule has 1 N–H and O–H groups in total. The molecule has 3 saturated heterocycles. The maximum absolute atomic E-state index is 13.3. The van der Waals surface area contributed by atoms with Crippen LogP contribution in [0, 0.1) is 11.3 Å². The van der Waals surface area contributed by atoms with E-state index in [0.29, 0.717) is 45.6 Å². The molecule has 0 saturated carbocycles. The molecule has 4 rings (SSSR count). The van der Waals surface area contributed by atoms with E-state index >= 15 is 0 Å². The Kier molecular flexibility index (Phi) is 5.43. The molecule has 3 fully saturated rings. The minimum absolute atomic E-state index is 0.0561. The van der Waals surface area contributed by atoms with E-state index in [1.807, 2.05) is 35.2 Å². The number of likely N-dealkylation sites (tertiary alicyclic amines) is 2. The summed E-state index contributed by atoms with van der Waals surface area (Å²) >= 11 is 0. The van der Waals surface area contributed by atoms with Gasteiger partial charge in [0.25, 0.3) is 0 Å². The molecule has 0 bridgehead atoms. The minimum atomic E-state index is -0.595. The molecule has 3 heterocycles. The van der Waals surface area contributed by atoms with Gasteiger partial charge in [-0.05, 0) is 37.7 Å². The fourth-order valence-electron chi connectivity index (χ4n) is 5.23. The average molecular weight is 386 g/mol. The number of benzene rings is 1. The van der Waals surface area contributed by atoms with Crippen molar-refractivity contribution in [1.82, 2.24) is 9.80 Å². The van der Waals surface area contributed by atoms with Crippen LogP contribution in [0.5, 0.6) is 0 Å². The first kappa shape index (κ1) is 19.4. The van der Waals surface area contributed by atoms with Crippen molar-refractivity contribution in [3.05, 3.63) is 35.9 Å². The Balaban J connectivity index is 1.44. The monoisotopic (exact) mass is 386 g/mol. The van der Waals surface area contributed by atoms with Crippen LogP contribution >= 0.6 is 0 Å². The van der Waals surface area contributed by atoms with E-state index in [-0.39, 0.29) is 23.8 Å². The summed E-state index contributed by atoms with van der Waals surface area (Å²) in [5.74, 6) is 0.364. The number of ether oxygens (including phenoxy) is 1. The topological polar surface area (TPSA) is 70.1 Å². The summed E-state index contributed by atoms with van der Waals surface area (Å²) in [5, 5.41) is 10.9. The van der Waals surface area contributed by atoms with Crippen molar-refractivity contribution in [2.45, 2.75) is 44.2 Å². The van der Waals surface area contributed by atoms with E-state index in [2.05, 4.69) is 0 Å². The van der Waals surface area contributed by atoms with E-state index in [4.69, 9.17) is 4.74 Å². The largest absolute Gasteiger partial charge is 0.391 e. The van der Waals surface area contributed by atoms with Crippen LogP contribution in [0.4, 0.5) is 0 Å². The Morgan fingerprint density at radius 1 is 1.14 bits per heavy atom. The lowest BCUT2D eigenvalue weighted by molar-refractivity contribution is -0.164. The lowest BCUT2D eigenvalue weighted by Crippen LogP contribution is -2.58. The smallest absolute Gasteiger partial charge is 0.229 e. The Morgan fingerprint density at radius 3 is 2.43 bits per heavy atom. The van der Waals surface area contributed by atoms with E-state index in [1.54, 1.807) is 11.9 Å². The quantitative estimate of drug-likeness (QED) is 0.844. The SMILES string of the molecule is CN1C(=O)C2(CCN(C(=O)C3CCOCC3)CC2)C[C@@H](O)[C@@H]1c1ccccc1. The molecule has 6 heteroatoms. The van der Waals surface area contributed by atoms with Crippen molar-refractivity contribution in [3.8, 4) is 0 Å². The lowest BCUT2D eigenvalue weighted by atomic mass is 9.68. The number of amides is 2. The molecule has 28 heavy (non-hydrogen) atoms. The fraction of sp³-hybridized carbons (Fsp3) is 0.636. The first-order valence-electron chi connectivity index (χ1n) is 10.4. The summed E-state index contributed by atoms with van der Waals surface area (Å²) in [6, 6.07) is 9.43. The highest BCUT2D eigenvalue weighted by Crippen LogP contribution is 2.46. The molecular weight excluding hydrogens is 356 g/mol. The second kappa shape index (κ2) is 7.84. The van der Waals surface area contributed by atoms with Gasteiger partial charge in [0.05, 0.1) is 17.6 Å². The van der Waals surface area contributed by atoms with Crippen molar-refractivity contribution < 1.29 is 19.4 Å². The summed E-state index contributed by atoms with van der Waals surface area (Å²) in [7, 11) is 1.80. The predicted molar refractivity (Wildman–Crippen MR) is 104 cm³/mol. The van der Waals surface area contributed by atoms with Crippen LogP contribution in [0.25, 0.3) is 0 Å². The standard InChI is InChI=1S/C22H30N2O4/c1-23-19(16-5-3-2-4-6-16)18(25)15-22(21(23)27)9-11-24(12-10-22)20(26)17-7-13-28-14-8-17/h2-6,17-19,25H,7-15H2,1H3/t18-,19+/m1/s1. The van der Waals surface area contributed by atoms with Gasteiger partial charge in [-0.2, -0.15) is 0 Å². The van der Waals surface area contributed by atoms with E-state index < -0.39 is 11.5 Å². The molecule has 2 atom stereocenters. The van der Waals surface area contributed by atoms with Crippen LogP contribution in [0.15, 0.2) is 30.3 Å². The molecular formula is C22H30N2O4. The third-order valence-electron chi connectivity index (χ3n) is 6.90. The van der Waals surface area contributed by atoms with Gasteiger partial charge in [-0.15, -0.1) is 0 Å². The number of likely N-dealkylation sites (N-methyl/N-ethyl adjacent to an activating group) is 1. The lowest BCUT2D eigenvalue weighted by Gasteiger charge is -2.50. The highest BCUT2D eigenvalue weighted by molar-refractivity contribution is 5.85. The maximum atomic E-state index is 13.3. The van der Waals surface area contributed by atoms with Gasteiger partial charge in [0.15, 0.2) is 0 Å². The van der Waals surface area contributed by atoms with Crippen molar-refractivity contribution >= 4 is 11.8 Å². The first-order chi connectivity index (χ1) is 13.5. The third-order valence-corrected chi connectivity index (χ3v) is 6.90. The van der Waals surface area contributed by atoms with E-state index in [0.717, 1.165) is 18.4 Å². The molecule has 6 nitrogen and oxygen atoms in total. The second-order valence-corrected chi connectivity index (χ2v) is 8.54.